The predicted octanol–water partition coefficient (Wildman–Crippen LogP) is 3.60. The Kier molecular flexibility index (Phi) is 8.66. The number of hydrogen-bond donors (Lipinski definition) is 3. The molecule has 0 unspecified atom stereocenters. The lowest BCUT2D eigenvalue weighted by molar-refractivity contribution is -0.117. The first-order chi connectivity index (χ1) is 18.5. The minimum Gasteiger partial charge on any atom is -0.380 e. The third-order valence-electron chi connectivity index (χ3n) is 6.53. The molecule has 1 aliphatic heterocycles. The highest BCUT2D eigenvalue weighted by Crippen LogP contribution is 2.26. The van der Waals surface area contributed by atoms with Crippen LogP contribution in [0.4, 0.5) is 31.7 Å². The molecule has 3 aromatic rings. The lowest BCUT2D eigenvalue weighted by Crippen LogP contribution is -2.50. The van der Waals surface area contributed by atoms with E-state index >= 15 is 0 Å². The summed E-state index contributed by atoms with van der Waals surface area (Å²) < 4.78 is 54.0. The summed E-state index contributed by atoms with van der Waals surface area (Å²) in [5, 5.41) is 5.82. The average Bonchev–Trinajstić information content (AvgIpc) is 2.90. The van der Waals surface area contributed by atoms with Crippen molar-refractivity contribution in [2.45, 2.75) is 32.1 Å². The second kappa shape index (κ2) is 12.0. The van der Waals surface area contributed by atoms with E-state index in [0.29, 0.717) is 43.2 Å². The summed E-state index contributed by atoms with van der Waals surface area (Å²) in [6.07, 6.45) is 1.44. The van der Waals surface area contributed by atoms with E-state index in [-0.39, 0.29) is 18.5 Å². The van der Waals surface area contributed by atoms with Gasteiger partial charge in [0, 0.05) is 73.2 Å². The maximum Gasteiger partial charge on any atom is 0.221 e. The zero-order valence-electron chi connectivity index (χ0n) is 21.8. The molecule has 1 amide bonds. The highest BCUT2D eigenvalue weighted by molar-refractivity contribution is 7.89. The van der Waals surface area contributed by atoms with Gasteiger partial charge in [0.15, 0.2) is 0 Å². The molecule has 0 bridgehead atoms. The molecular formula is C27H32F2N6O3S. The van der Waals surface area contributed by atoms with Gasteiger partial charge in [0.1, 0.15) is 17.5 Å². The largest absolute Gasteiger partial charge is 0.380 e. The molecule has 39 heavy (non-hydrogen) atoms. The molecule has 0 atom stereocenters. The van der Waals surface area contributed by atoms with Crippen molar-refractivity contribution < 1.29 is 22.0 Å². The minimum atomic E-state index is -3.26. The number of carbonyl (C=O) groups is 1. The molecule has 9 nitrogen and oxygen atoms in total. The summed E-state index contributed by atoms with van der Waals surface area (Å²) in [6.45, 7) is 5.47. The smallest absolute Gasteiger partial charge is 0.221 e. The van der Waals surface area contributed by atoms with Crippen LogP contribution in [0.3, 0.4) is 0 Å². The van der Waals surface area contributed by atoms with Gasteiger partial charge in [-0.15, -0.1) is 0 Å². The molecule has 1 aliphatic rings. The van der Waals surface area contributed by atoms with Crippen molar-refractivity contribution in [3.8, 4) is 0 Å². The second-order valence-electron chi connectivity index (χ2n) is 9.61. The van der Waals surface area contributed by atoms with E-state index < -0.39 is 32.8 Å². The molecule has 208 valence electrons. The topological polar surface area (TPSA) is 121 Å². The number of aromatic nitrogens is 1. The van der Waals surface area contributed by atoms with E-state index in [1.807, 2.05) is 24.3 Å². The predicted molar refractivity (Wildman–Crippen MR) is 148 cm³/mol. The van der Waals surface area contributed by atoms with Gasteiger partial charge in [0.2, 0.25) is 15.9 Å². The maximum absolute atomic E-state index is 14.1. The number of sulfonamides is 1. The van der Waals surface area contributed by atoms with Gasteiger partial charge in [-0.05, 0) is 56.3 Å². The van der Waals surface area contributed by atoms with Crippen molar-refractivity contribution in [2.75, 3.05) is 41.7 Å². The highest BCUT2D eigenvalue weighted by atomic mass is 32.2. The Hall–Kier alpha value is -3.77. The standard InChI is InChI=1S/C27H32F2N6O3S/c1-18(2)39(37,38)35-11-9-34(10-12-35)23-6-4-22(5-7-23)33-27-15-25(20(17-32-27)14-26(30)36)31-16-19-13-21(28)3-8-24(19)29/h3-8,13,15,17-18H,9-12,14,16H2,1-2H3,(H2,30,36)(H2,31,32,33). The van der Waals surface area contributed by atoms with Crippen LogP contribution in [-0.4, -0.2) is 55.0 Å². The lowest BCUT2D eigenvalue weighted by atomic mass is 10.1. The fraction of sp³-hybridized carbons (Fsp3) is 0.333. The third kappa shape index (κ3) is 7.01. The number of anilines is 4. The number of nitrogens with zero attached hydrogens (tertiary/aromatic N) is 3. The molecular weight excluding hydrogens is 526 g/mol. The number of pyridine rings is 1. The van der Waals surface area contributed by atoms with E-state index in [0.717, 1.165) is 29.6 Å². The zero-order valence-corrected chi connectivity index (χ0v) is 22.6. The molecule has 1 fully saturated rings. The molecule has 0 radical (unpaired) electrons. The van der Waals surface area contributed by atoms with E-state index in [9.17, 15) is 22.0 Å². The average molecular weight is 559 g/mol. The van der Waals surface area contributed by atoms with Gasteiger partial charge < -0.3 is 21.3 Å². The molecule has 0 aliphatic carbocycles. The quantitative estimate of drug-likeness (QED) is 0.348. The molecule has 0 spiro atoms. The first-order valence-corrected chi connectivity index (χ1v) is 14.1. The van der Waals surface area contributed by atoms with Crippen LogP contribution >= 0.6 is 0 Å². The Labute approximate surface area is 227 Å². The Morgan fingerprint density at radius 2 is 1.72 bits per heavy atom. The monoisotopic (exact) mass is 558 g/mol. The third-order valence-corrected chi connectivity index (χ3v) is 8.80. The van der Waals surface area contributed by atoms with E-state index in [4.69, 9.17) is 5.73 Å². The summed E-state index contributed by atoms with van der Waals surface area (Å²) in [5.74, 6) is -1.16. The Bertz CT molecular complexity index is 1430. The summed E-state index contributed by atoms with van der Waals surface area (Å²) >= 11 is 0. The van der Waals surface area contributed by atoms with Crippen LogP contribution in [0, 0.1) is 11.6 Å². The number of rotatable bonds is 10. The fourth-order valence-electron chi connectivity index (χ4n) is 4.32. The number of hydrogen-bond acceptors (Lipinski definition) is 7. The number of carbonyl (C=O) groups excluding carboxylic acids is 1. The van der Waals surface area contributed by atoms with Crippen molar-refractivity contribution >= 4 is 38.8 Å². The fourth-order valence-corrected chi connectivity index (χ4v) is 5.59. The van der Waals surface area contributed by atoms with E-state index in [1.54, 1.807) is 24.2 Å². The lowest BCUT2D eigenvalue weighted by Gasteiger charge is -2.36. The van der Waals surface area contributed by atoms with Crippen LogP contribution in [0.15, 0.2) is 54.7 Å². The van der Waals surface area contributed by atoms with E-state index in [2.05, 4.69) is 20.5 Å². The number of piperazine rings is 1. The first kappa shape index (κ1) is 28.2. The van der Waals surface area contributed by atoms with Crippen molar-refractivity contribution in [1.82, 2.24) is 9.29 Å². The Morgan fingerprint density at radius 1 is 1.03 bits per heavy atom. The SMILES string of the molecule is CC(C)S(=O)(=O)N1CCN(c2ccc(Nc3cc(NCc4cc(F)ccc4F)c(CC(N)=O)cn3)cc2)CC1. The van der Waals surface area contributed by atoms with Crippen LogP contribution in [-0.2, 0) is 27.8 Å². The number of benzene rings is 2. The molecule has 4 rings (SSSR count). The van der Waals surface area contributed by atoms with Crippen LogP contribution < -0.4 is 21.3 Å². The summed E-state index contributed by atoms with van der Waals surface area (Å²) in [7, 11) is -3.26. The summed E-state index contributed by atoms with van der Waals surface area (Å²) in [4.78, 5) is 18.0. The van der Waals surface area contributed by atoms with Gasteiger partial charge in [0.05, 0.1) is 11.7 Å². The second-order valence-corrected chi connectivity index (χ2v) is 12.1. The molecule has 12 heteroatoms. The van der Waals surface area contributed by atoms with Crippen LogP contribution in [0.25, 0.3) is 0 Å². The zero-order chi connectivity index (χ0) is 28.2. The van der Waals surface area contributed by atoms with E-state index in [1.165, 1.54) is 6.20 Å². The molecule has 0 saturated carbocycles. The van der Waals surface area contributed by atoms with Crippen molar-refractivity contribution in [3.05, 3.63) is 77.5 Å². The van der Waals surface area contributed by atoms with Crippen LogP contribution in [0.1, 0.15) is 25.0 Å². The summed E-state index contributed by atoms with van der Waals surface area (Å²) in [5.41, 5.74) is 8.29. The number of halogens is 2. The Morgan fingerprint density at radius 3 is 2.36 bits per heavy atom. The van der Waals surface area contributed by atoms with Gasteiger partial charge in [0.25, 0.3) is 0 Å². The highest BCUT2D eigenvalue weighted by Gasteiger charge is 2.29. The van der Waals surface area contributed by atoms with Crippen LogP contribution in [0.5, 0.6) is 0 Å². The Balaban J connectivity index is 1.43. The normalized spacial score (nSPS) is 14.4. The molecule has 2 aromatic carbocycles. The van der Waals surface area contributed by atoms with Crippen molar-refractivity contribution in [1.29, 1.82) is 0 Å². The number of primary amides is 1. The maximum atomic E-state index is 14.1. The summed E-state index contributed by atoms with van der Waals surface area (Å²) in [6, 6.07) is 12.6. The van der Waals surface area contributed by atoms with Gasteiger partial charge in [-0.3, -0.25) is 4.79 Å². The molecule has 2 heterocycles. The van der Waals surface area contributed by atoms with Crippen molar-refractivity contribution in [3.63, 3.8) is 0 Å². The minimum absolute atomic E-state index is 0.000756. The van der Waals surface area contributed by atoms with Crippen molar-refractivity contribution in [2.24, 2.45) is 5.73 Å². The molecule has 4 N–H and O–H groups in total. The number of nitrogens with two attached hydrogens (primary N) is 1. The van der Waals surface area contributed by atoms with Gasteiger partial charge >= 0.3 is 0 Å². The first-order valence-electron chi connectivity index (χ1n) is 12.6. The van der Waals surface area contributed by atoms with Gasteiger partial charge in [-0.25, -0.2) is 22.2 Å². The number of amides is 1. The van der Waals surface area contributed by atoms with Gasteiger partial charge in [-0.2, -0.15) is 4.31 Å². The molecule has 1 saturated heterocycles. The van der Waals surface area contributed by atoms with Crippen LogP contribution in [0.2, 0.25) is 0 Å². The number of nitrogens with one attached hydrogen (secondary N) is 2. The van der Waals surface area contributed by atoms with Gasteiger partial charge in [-0.1, -0.05) is 0 Å². The molecule has 1 aromatic heterocycles.